The zero-order chi connectivity index (χ0) is 29.9. The minimum atomic E-state index is -1.92. The molecule has 0 spiro atoms. The van der Waals surface area contributed by atoms with Crippen LogP contribution >= 0.6 is 0 Å². The van der Waals surface area contributed by atoms with Crippen LogP contribution in [0.25, 0.3) is 0 Å². The highest BCUT2D eigenvalue weighted by Crippen LogP contribution is 2.44. The van der Waals surface area contributed by atoms with E-state index >= 15 is 4.39 Å². The maximum absolute atomic E-state index is 15.5. The number of carbonyl (C=O) groups is 3. The van der Waals surface area contributed by atoms with Gasteiger partial charge in [0, 0.05) is 55.0 Å². The first-order valence-corrected chi connectivity index (χ1v) is 13.8. The van der Waals surface area contributed by atoms with Crippen molar-refractivity contribution < 1.29 is 33.7 Å². The summed E-state index contributed by atoms with van der Waals surface area (Å²) in [6, 6.07) is 4.07. The summed E-state index contributed by atoms with van der Waals surface area (Å²) in [6.07, 6.45) is 0. The number of morpholine rings is 1. The van der Waals surface area contributed by atoms with E-state index in [4.69, 9.17) is 4.74 Å². The number of piperidine rings is 1. The van der Waals surface area contributed by atoms with Crippen LogP contribution in [0.5, 0.6) is 5.75 Å². The molecule has 3 aliphatic rings. The molecule has 2 aromatic carbocycles. The molecular weight excluding hydrogens is 525 g/mol. The molecule has 10 nitrogen and oxygen atoms in total. The van der Waals surface area contributed by atoms with Crippen molar-refractivity contribution in [1.29, 1.82) is 0 Å². The number of carbonyl (C=O) groups excluding carboxylic acids is 3. The van der Waals surface area contributed by atoms with Gasteiger partial charge in [-0.1, -0.05) is 29.1 Å². The van der Waals surface area contributed by atoms with Gasteiger partial charge in [0.15, 0.2) is 7.85 Å². The Labute approximate surface area is 242 Å². The summed E-state index contributed by atoms with van der Waals surface area (Å²) in [5.74, 6) is -2.34. The largest absolute Gasteiger partial charge is 0.506 e. The lowest BCUT2D eigenvalue weighted by Crippen LogP contribution is -2.72. The minimum Gasteiger partial charge on any atom is -0.506 e. The fourth-order valence-electron chi connectivity index (χ4n) is 6.07. The molecule has 2 saturated heterocycles. The van der Waals surface area contributed by atoms with E-state index in [1.54, 1.807) is 49.6 Å². The summed E-state index contributed by atoms with van der Waals surface area (Å²) >= 11 is 0. The summed E-state index contributed by atoms with van der Waals surface area (Å²) in [5.41, 5.74) is 1.20. The predicted molar refractivity (Wildman–Crippen MR) is 164 cm³/mol. The molecule has 0 aliphatic carbocycles. The molecule has 0 radical (unpaired) electrons. The molecule has 0 bridgehead atoms. The molecule has 0 aromatic heterocycles. The van der Waals surface area contributed by atoms with Crippen molar-refractivity contribution in [3.63, 3.8) is 0 Å². The Balaban J connectivity index is 1.45. The van der Waals surface area contributed by atoms with Crippen molar-refractivity contribution in [2.24, 2.45) is 0 Å². The average Bonchev–Trinajstić information content (AvgIpc) is 3.25. The lowest BCUT2D eigenvalue weighted by atomic mass is 9.36. The van der Waals surface area contributed by atoms with Crippen LogP contribution in [0.15, 0.2) is 18.2 Å². The van der Waals surface area contributed by atoms with Gasteiger partial charge in [-0.25, -0.2) is 4.39 Å². The molecule has 210 valence electrons. The van der Waals surface area contributed by atoms with Crippen molar-refractivity contribution in [2.45, 2.75) is 36.4 Å². The SMILES string of the molecule is Bc1c(B)c2c(c(NCc3cccc(CN4CCOCC4)c3F)c1O)CN(C1C(=O)NC(=O)C(B)(O)C1(B)B)C2=O. The van der Waals surface area contributed by atoms with Crippen LogP contribution in [-0.2, 0) is 34.0 Å². The fourth-order valence-corrected chi connectivity index (χ4v) is 6.07. The highest BCUT2D eigenvalue weighted by Gasteiger charge is 2.59. The quantitative estimate of drug-likeness (QED) is 0.157. The van der Waals surface area contributed by atoms with E-state index in [2.05, 4.69) is 15.5 Å². The second kappa shape index (κ2) is 10.6. The Morgan fingerprint density at radius 2 is 1.76 bits per heavy atom. The highest BCUT2D eigenvalue weighted by molar-refractivity contribution is 6.54. The number of aliphatic hydroxyl groups is 1. The van der Waals surface area contributed by atoms with Crippen LogP contribution in [0, 0.1) is 5.82 Å². The summed E-state index contributed by atoms with van der Waals surface area (Å²) in [5, 5.41) is 26.2. The molecule has 4 N–H and O–H groups in total. The van der Waals surface area contributed by atoms with Crippen molar-refractivity contribution in [2.75, 3.05) is 31.6 Å². The Morgan fingerprint density at radius 1 is 1.10 bits per heavy atom. The topological polar surface area (TPSA) is 131 Å². The molecule has 2 fully saturated rings. The van der Waals surface area contributed by atoms with Crippen molar-refractivity contribution >= 4 is 73.6 Å². The third-order valence-electron chi connectivity index (χ3n) is 9.23. The smallest absolute Gasteiger partial charge is 0.254 e. The molecule has 2 unspecified atom stereocenters. The van der Waals surface area contributed by atoms with Crippen LogP contribution in [0.1, 0.15) is 27.0 Å². The predicted octanol–water partition coefficient (Wildman–Crippen LogP) is -5.82. The number of hydrogen-bond donors (Lipinski definition) is 4. The number of ether oxygens (including phenoxy) is 1. The third kappa shape index (κ3) is 4.75. The number of anilines is 1. The van der Waals surface area contributed by atoms with Gasteiger partial charge in [0.1, 0.15) is 54.5 Å². The number of imide groups is 1. The monoisotopic (exact) mass is 558 g/mol. The van der Waals surface area contributed by atoms with E-state index in [9.17, 15) is 24.6 Å². The number of aromatic hydroxyl groups is 1. The van der Waals surface area contributed by atoms with E-state index in [0.717, 1.165) is 13.1 Å². The van der Waals surface area contributed by atoms with Crippen LogP contribution in [0.2, 0.25) is 5.21 Å². The Morgan fingerprint density at radius 3 is 2.44 bits per heavy atom. The van der Waals surface area contributed by atoms with Gasteiger partial charge in [0.05, 0.1) is 18.9 Å². The van der Waals surface area contributed by atoms with E-state index < -0.39 is 34.5 Å². The molecule has 5 rings (SSSR count). The Kier molecular flexibility index (Phi) is 7.54. The van der Waals surface area contributed by atoms with Gasteiger partial charge >= 0.3 is 0 Å². The summed E-state index contributed by atoms with van der Waals surface area (Å²) < 4.78 is 20.9. The fraction of sp³-hybridized carbons (Fsp3) is 0.400. The second-order valence-corrected chi connectivity index (χ2v) is 11.9. The van der Waals surface area contributed by atoms with Crippen molar-refractivity contribution in [1.82, 2.24) is 15.1 Å². The van der Waals surface area contributed by atoms with Gasteiger partial charge in [-0.3, -0.25) is 24.6 Å². The van der Waals surface area contributed by atoms with Gasteiger partial charge < -0.3 is 25.2 Å². The minimum absolute atomic E-state index is 0.0451. The molecule has 3 amide bonds. The summed E-state index contributed by atoms with van der Waals surface area (Å²) in [4.78, 5) is 42.8. The van der Waals surface area contributed by atoms with E-state index in [-0.39, 0.29) is 30.3 Å². The first-order chi connectivity index (χ1) is 19.3. The number of phenolic OH excluding ortho intramolecular Hbond substituents is 1. The van der Waals surface area contributed by atoms with Crippen LogP contribution in [0.3, 0.4) is 0 Å². The van der Waals surface area contributed by atoms with Gasteiger partial charge in [-0.05, 0) is 5.21 Å². The van der Waals surface area contributed by atoms with Crippen LogP contribution in [-0.4, -0.2) is 115 Å². The highest BCUT2D eigenvalue weighted by atomic mass is 19.1. The third-order valence-corrected chi connectivity index (χ3v) is 9.23. The molecule has 2 aromatic rings. The number of nitrogens with one attached hydrogen (secondary N) is 2. The van der Waals surface area contributed by atoms with Crippen LogP contribution in [0.4, 0.5) is 10.1 Å². The molecule has 3 aliphatic heterocycles. The Hall–Kier alpha value is -3.22. The maximum Gasteiger partial charge on any atom is 0.254 e. The van der Waals surface area contributed by atoms with Gasteiger partial charge in [-0.15, -0.1) is 0 Å². The first-order valence-electron chi connectivity index (χ1n) is 13.8. The number of phenols is 1. The van der Waals surface area contributed by atoms with Gasteiger partial charge in [0.2, 0.25) is 11.8 Å². The molecule has 2 atom stereocenters. The lowest BCUT2D eigenvalue weighted by molar-refractivity contribution is -0.148. The zero-order valence-electron chi connectivity index (χ0n) is 24.1. The number of amides is 3. The molecule has 3 heterocycles. The van der Waals surface area contributed by atoms with Gasteiger partial charge in [-0.2, -0.15) is 0 Å². The molecule has 41 heavy (non-hydrogen) atoms. The summed E-state index contributed by atoms with van der Waals surface area (Å²) in [6.45, 7) is 3.16. The Bertz CT molecular complexity index is 1450. The number of fused-ring (bicyclic) bond motifs is 1. The van der Waals surface area contributed by atoms with Gasteiger partial charge in [0.25, 0.3) is 5.91 Å². The van der Waals surface area contributed by atoms with Crippen molar-refractivity contribution in [3.8, 4) is 5.75 Å². The molecular formula is C25H32B5FN4O6. The van der Waals surface area contributed by atoms with E-state index in [1.165, 1.54) is 12.7 Å². The number of hydrogen-bond acceptors (Lipinski definition) is 8. The second-order valence-electron chi connectivity index (χ2n) is 11.9. The molecule has 0 saturated carbocycles. The summed E-state index contributed by atoms with van der Waals surface area (Å²) in [7, 11) is 7.89. The van der Waals surface area contributed by atoms with E-state index in [0.29, 0.717) is 52.9 Å². The number of nitrogens with zero attached hydrogens (tertiary/aromatic N) is 2. The normalized spacial score (nSPS) is 24.3. The zero-order valence-corrected chi connectivity index (χ0v) is 24.1. The average molecular weight is 558 g/mol. The first kappa shape index (κ1) is 29.3. The van der Waals surface area contributed by atoms with Crippen molar-refractivity contribution in [3.05, 3.63) is 46.3 Å². The standard InChI is InChI=1S/C25H32B5FN4O6/c26-15-14-13(10-35(22(14)38)20-21(37)33-23(39)25(30,40)24(20,28)29)18(19(36)16(15)27)32-8-11-2-1-3-12(17(11)31)9-34-4-6-41-7-5-34/h1-3,20,32,36,40H,4-10,26-30H2,(H,33,37,39). The van der Waals surface area contributed by atoms with E-state index in [1.807, 2.05) is 0 Å². The number of rotatable bonds is 6. The maximum atomic E-state index is 15.5. The lowest BCUT2D eigenvalue weighted by Gasteiger charge is -2.50. The molecule has 16 heteroatoms. The number of benzene rings is 2. The number of halogens is 1. The van der Waals surface area contributed by atoms with Crippen LogP contribution < -0.4 is 21.6 Å².